The fourth-order valence-electron chi connectivity index (χ4n) is 1.76. The van der Waals surface area contributed by atoms with E-state index in [9.17, 15) is 9.59 Å². The van der Waals surface area contributed by atoms with Crippen molar-refractivity contribution in [2.24, 2.45) is 0 Å². The molecule has 100 valence electrons. The van der Waals surface area contributed by atoms with Crippen molar-refractivity contribution in [3.63, 3.8) is 0 Å². The van der Waals surface area contributed by atoms with Crippen molar-refractivity contribution in [3.8, 4) is 0 Å². The number of rotatable bonds is 4. The van der Waals surface area contributed by atoms with E-state index in [0.29, 0.717) is 17.4 Å². The number of nitrogens with one attached hydrogen (secondary N) is 1. The summed E-state index contributed by atoms with van der Waals surface area (Å²) in [4.78, 5) is 23.7. The average Bonchev–Trinajstić information content (AvgIpc) is 2.43. The molecule has 1 heterocycles. The lowest BCUT2D eigenvalue weighted by atomic mass is 10.1. The molecule has 0 bridgehead atoms. The molecule has 5 nitrogen and oxygen atoms in total. The zero-order chi connectivity index (χ0) is 13.8. The molecular formula is C14H15NO4. The van der Waals surface area contributed by atoms with E-state index in [1.54, 1.807) is 24.3 Å². The van der Waals surface area contributed by atoms with Gasteiger partial charge in [-0.25, -0.2) is 4.79 Å². The van der Waals surface area contributed by atoms with Crippen LogP contribution in [-0.4, -0.2) is 23.7 Å². The van der Waals surface area contributed by atoms with Crippen molar-refractivity contribution >= 4 is 16.9 Å². The third-order valence-electron chi connectivity index (χ3n) is 2.93. The Bertz CT molecular complexity index is 643. The molecule has 5 heteroatoms. The number of para-hydroxylation sites is 1. The Kier molecular flexibility index (Phi) is 3.97. The first-order valence-corrected chi connectivity index (χ1v) is 6.10. The van der Waals surface area contributed by atoms with E-state index in [-0.39, 0.29) is 18.2 Å². The van der Waals surface area contributed by atoms with Gasteiger partial charge in [0, 0.05) is 5.39 Å². The Morgan fingerprint density at radius 2 is 2.16 bits per heavy atom. The van der Waals surface area contributed by atoms with Crippen LogP contribution in [0.1, 0.15) is 23.7 Å². The number of fused-ring (bicyclic) bond motifs is 1. The Labute approximate surface area is 109 Å². The number of hydrogen-bond donors (Lipinski definition) is 2. The maximum absolute atomic E-state index is 12.0. The molecule has 2 rings (SSSR count). The number of aliphatic hydroxyl groups is 1. The van der Waals surface area contributed by atoms with Crippen LogP contribution in [0.2, 0.25) is 0 Å². The predicted octanol–water partition coefficient (Wildman–Crippen LogP) is 1.29. The second kappa shape index (κ2) is 5.67. The molecular weight excluding hydrogens is 246 g/mol. The van der Waals surface area contributed by atoms with Crippen LogP contribution >= 0.6 is 0 Å². The summed E-state index contributed by atoms with van der Waals surface area (Å²) in [5.41, 5.74) is -0.284. The highest BCUT2D eigenvalue weighted by molar-refractivity contribution is 5.96. The van der Waals surface area contributed by atoms with Crippen molar-refractivity contribution < 1.29 is 14.3 Å². The summed E-state index contributed by atoms with van der Waals surface area (Å²) in [6, 6.07) is 8.12. The molecule has 19 heavy (non-hydrogen) atoms. The zero-order valence-electron chi connectivity index (χ0n) is 10.6. The van der Waals surface area contributed by atoms with Crippen molar-refractivity contribution in [3.05, 3.63) is 46.3 Å². The fourth-order valence-corrected chi connectivity index (χ4v) is 1.76. The molecule has 1 amide bonds. The quantitative estimate of drug-likeness (QED) is 0.813. The van der Waals surface area contributed by atoms with Crippen LogP contribution in [0.15, 0.2) is 39.5 Å². The van der Waals surface area contributed by atoms with Crippen molar-refractivity contribution in [2.75, 3.05) is 6.61 Å². The number of amides is 1. The van der Waals surface area contributed by atoms with Crippen LogP contribution in [-0.2, 0) is 0 Å². The molecule has 1 unspecified atom stereocenters. The third kappa shape index (κ3) is 2.82. The van der Waals surface area contributed by atoms with Gasteiger partial charge in [-0.05, 0) is 18.6 Å². The smallest absolute Gasteiger partial charge is 0.349 e. The predicted molar refractivity (Wildman–Crippen MR) is 71.1 cm³/mol. The van der Waals surface area contributed by atoms with E-state index < -0.39 is 11.5 Å². The summed E-state index contributed by atoms with van der Waals surface area (Å²) in [7, 11) is 0. The van der Waals surface area contributed by atoms with E-state index in [1.165, 1.54) is 6.07 Å². The minimum atomic E-state index is -0.677. The van der Waals surface area contributed by atoms with Crippen LogP contribution in [0.3, 0.4) is 0 Å². The molecule has 0 fully saturated rings. The molecule has 0 aliphatic rings. The van der Waals surface area contributed by atoms with Crippen molar-refractivity contribution in [2.45, 2.75) is 19.4 Å². The summed E-state index contributed by atoms with van der Waals surface area (Å²) in [6.45, 7) is 1.67. The van der Waals surface area contributed by atoms with Gasteiger partial charge in [0.2, 0.25) is 0 Å². The average molecular weight is 261 g/mol. The second-order valence-electron chi connectivity index (χ2n) is 4.25. The lowest BCUT2D eigenvalue weighted by Crippen LogP contribution is -2.38. The highest BCUT2D eigenvalue weighted by Gasteiger charge is 2.16. The van der Waals surface area contributed by atoms with Crippen LogP contribution in [0, 0.1) is 0 Å². The summed E-state index contributed by atoms with van der Waals surface area (Å²) < 4.78 is 5.08. The van der Waals surface area contributed by atoms with E-state index in [4.69, 9.17) is 9.52 Å². The van der Waals surface area contributed by atoms with E-state index in [0.717, 1.165) is 0 Å². The summed E-state index contributed by atoms with van der Waals surface area (Å²) in [5.74, 6) is -0.527. The SMILES string of the molecule is CCC(CO)NC(=O)c1cc2ccccc2oc1=O. The minimum absolute atomic E-state index is 0.0504. The molecule has 0 aliphatic carbocycles. The fraction of sp³-hybridized carbons (Fsp3) is 0.286. The number of benzene rings is 1. The largest absolute Gasteiger partial charge is 0.422 e. The molecule has 0 spiro atoms. The van der Waals surface area contributed by atoms with Gasteiger partial charge in [-0.3, -0.25) is 4.79 Å². The summed E-state index contributed by atoms with van der Waals surface area (Å²) >= 11 is 0. The van der Waals surface area contributed by atoms with Gasteiger partial charge in [-0.15, -0.1) is 0 Å². The van der Waals surface area contributed by atoms with Crippen LogP contribution in [0.25, 0.3) is 11.0 Å². The Hall–Kier alpha value is -2.14. The van der Waals surface area contributed by atoms with Crippen LogP contribution < -0.4 is 10.9 Å². The van der Waals surface area contributed by atoms with Gasteiger partial charge < -0.3 is 14.8 Å². The number of carbonyl (C=O) groups excluding carboxylic acids is 1. The highest BCUT2D eigenvalue weighted by Crippen LogP contribution is 2.12. The maximum atomic E-state index is 12.0. The van der Waals surface area contributed by atoms with Crippen molar-refractivity contribution in [1.82, 2.24) is 5.32 Å². The van der Waals surface area contributed by atoms with E-state index >= 15 is 0 Å². The number of aliphatic hydroxyl groups excluding tert-OH is 1. The van der Waals surface area contributed by atoms with Crippen molar-refractivity contribution in [1.29, 1.82) is 0 Å². The van der Waals surface area contributed by atoms with Crippen LogP contribution in [0.5, 0.6) is 0 Å². The normalized spacial score (nSPS) is 12.3. The molecule has 0 saturated heterocycles. The van der Waals surface area contributed by atoms with E-state index in [2.05, 4.69) is 5.32 Å². The van der Waals surface area contributed by atoms with Gasteiger partial charge in [0.05, 0.1) is 12.6 Å². The molecule has 0 radical (unpaired) electrons. The Morgan fingerprint density at radius 3 is 2.84 bits per heavy atom. The molecule has 1 aromatic heterocycles. The number of carbonyl (C=O) groups is 1. The summed E-state index contributed by atoms with van der Waals surface area (Å²) in [6.07, 6.45) is 0.584. The lowest BCUT2D eigenvalue weighted by molar-refractivity contribution is 0.0911. The maximum Gasteiger partial charge on any atom is 0.349 e. The molecule has 2 N–H and O–H groups in total. The second-order valence-corrected chi connectivity index (χ2v) is 4.25. The summed E-state index contributed by atoms with van der Waals surface area (Å²) in [5, 5.41) is 12.3. The molecule has 0 aliphatic heterocycles. The van der Waals surface area contributed by atoms with Gasteiger partial charge >= 0.3 is 5.63 Å². The Balaban J connectivity index is 2.36. The van der Waals surface area contributed by atoms with Gasteiger partial charge in [-0.2, -0.15) is 0 Å². The first-order valence-electron chi connectivity index (χ1n) is 6.10. The first kappa shape index (κ1) is 13.3. The zero-order valence-corrected chi connectivity index (χ0v) is 10.6. The first-order chi connectivity index (χ1) is 9.15. The third-order valence-corrected chi connectivity index (χ3v) is 2.93. The van der Waals surface area contributed by atoms with Gasteiger partial charge in [0.25, 0.3) is 5.91 Å². The molecule has 2 aromatic rings. The minimum Gasteiger partial charge on any atom is -0.422 e. The Morgan fingerprint density at radius 1 is 1.42 bits per heavy atom. The van der Waals surface area contributed by atoms with Gasteiger partial charge in [-0.1, -0.05) is 25.1 Å². The van der Waals surface area contributed by atoms with Crippen LogP contribution in [0.4, 0.5) is 0 Å². The molecule has 1 aromatic carbocycles. The molecule has 0 saturated carbocycles. The van der Waals surface area contributed by atoms with Gasteiger partial charge in [0.15, 0.2) is 0 Å². The van der Waals surface area contributed by atoms with Gasteiger partial charge in [0.1, 0.15) is 11.1 Å². The number of hydrogen-bond acceptors (Lipinski definition) is 4. The van der Waals surface area contributed by atoms with E-state index in [1.807, 2.05) is 6.92 Å². The topological polar surface area (TPSA) is 79.5 Å². The monoisotopic (exact) mass is 261 g/mol. The lowest BCUT2D eigenvalue weighted by Gasteiger charge is -2.13. The molecule has 1 atom stereocenters. The standard InChI is InChI=1S/C14H15NO4/c1-2-10(8-16)15-13(17)11-7-9-5-3-4-6-12(9)19-14(11)18/h3-7,10,16H,2,8H2,1H3,(H,15,17). The highest BCUT2D eigenvalue weighted by atomic mass is 16.4.